The van der Waals surface area contributed by atoms with Crippen LogP contribution in [-0.4, -0.2) is 31.5 Å². The molecule has 5 heavy (non-hydrogen) atoms. The van der Waals surface area contributed by atoms with Crippen LogP contribution in [0.4, 0.5) is 12.9 Å². The summed E-state index contributed by atoms with van der Waals surface area (Å²) in [6, 6.07) is 0. The first-order valence-electron chi connectivity index (χ1n) is 0.655. The Kier molecular flexibility index (Phi) is 8.54. The standard InChI is InChI=1S/BF3.Sn/c2-1(3)4;. The zero-order chi connectivity index (χ0) is 3.58. The van der Waals surface area contributed by atoms with E-state index in [-0.39, 0.29) is 23.9 Å². The monoisotopic (exact) mass is 188 g/mol. The Bertz CT molecular complexity index is 11.6. The van der Waals surface area contributed by atoms with Gasteiger partial charge in [-0.05, 0) is 0 Å². The van der Waals surface area contributed by atoms with E-state index in [1.165, 1.54) is 0 Å². The number of hydrogen-bond donors (Lipinski definition) is 0. The molecule has 0 atom stereocenters. The number of halogens is 3. The minimum absolute atomic E-state index is 0. The first kappa shape index (κ1) is 9.17. The second-order valence-corrected chi connectivity index (χ2v) is 0.247. The van der Waals surface area contributed by atoms with Crippen LogP contribution in [0, 0.1) is 0 Å². The molecule has 0 N–H and O–H groups in total. The van der Waals surface area contributed by atoms with Crippen molar-refractivity contribution in [1.29, 1.82) is 0 Å². The van der Waals surface area contributed by atoms with Crippen molar-refractivity contribution in [2.24, 2.45) is 0 Å². The van der Waals surface area contributed by atoms with E-state index >= 15 is 0 Å². The second kappa shape index (κ2) is 4.65. The predicted octanol–water partition coefficient (Wildman–Crippen LogP) is 0.499. The average Bonchev–Trinajstić information content (AvgIpc) is 0.811. The SMILES string of the molecule is FB(F)F.[Sn]. The van der Waals surface area contributed by atoms with E-state index in [4.69, 9.17) is 0 Å². The smallest absolute Gasteiger partial charge is 0.254 e. The number of rotatable bonds is 0. The molecular weight excluding hydrogens is 187 g/mol. The van der Waals surface area contributed by atoms with Gasteiger partial charge in [0.05, 0.1) is 0 Å². The van der Waals surface area contributed by atoms with Crippen LogP contribution in [0.3, 0.4) is 0 Å². The van der Waals surface area contributed by atoms with Gasteiger partial charge in [0.15, 0.2) is 0 Å². The summed E-state index contributed by atoms with van der Waals surface area (Å²) in [4.78, 5) is 0. The summed E-state index contributed by atoms with van der Waals surface area (Å²) < 4.78 is 29.0. The summed E-state index contributed by atoms with van der Waals surface area (Å²) in [5.74, 6) is 0. The van der Waals surface area contributed by atoms with Gasteiger partial charge in [0.1, 0.15) is 0 Å². The van der Waals surface area contributed by atoms with Crippen molar-refractivity contribution >= 4 is 31.5 Å². The molecule has 0 heterocycles. The molecule has 0 aromatic carbocycles. The summed E-state index contributed by atoms with van der Waals surface area (Å²) >= 11 is 0. The van der Waals surface area contributed by atoms with Gasteiger partial charge in [-0.1, -0.05) is 0 Å². The summed E-state index contributed by atoms with van der Waals surface area (Å²) in [5.41, 5.74) is 0. The molecule has 0 aromatic heterocycles. The van der Waals surface area contributed by atoms with Crippen LogP contribution in [-0.2, 0) is 0 Å². The fourth-order valence-electron chi connectivity index (χ4n) is 0. The van der Waals surface area contributed by atoms with Crippen molar-refractivity contribution < 1.29 is 12.9 Å². The topological polar surface area (TPSA) is 0 Å². The Morgan fingerprint density at radius 1 is 1.00 bits per heavy atom. The first-order valence-corrected chi connectivity index (χ1v) is 0.655. The van der Waals surface area contributed by atoms with Gasteiger partial charge >= 0.3 is 7.54 Å². The maximum atomic E-state index is 9.67. The fourth-order valence-corrected chi connectivity index (χ4v) is 0. The van der Waals surface area contributed by atoms with Gasteiger partial charge in [0, 0.05) is 23.9 Å². The van der Waals surface area contributed by atoms with E-state index in [0.29, 0.717) is 0 Å². The normalized spacial score (nSPS) is 5.40. The largest absolute Gasteiger partial charge is 0.762 e. The molecular formula is BF3Sn. The summed E-state index contributed by atoms with van der Waals surface area (Å²) in [6.07, 6.45) is 0. The minimum Gasteiger partial charge on any atom is -0.254 e. The van der Waals surface area contributed by atoms with Gasteiger partial charge in [-0.25, -0.2) is 0 Å². The molecule has 0 amide bonds. The Balaban J connectivity index is 0. The van der Waals surface area contributed by atoms with Gasteiger partial charge in [-0.15, -0.1) is 0 Å². The van der Waals surface area contributed by atoms with Crippen LogP contribution in [0.1, 0.15) is 0 Å². The Labute approximate surface area is 44.9 Å². The molecule has 0 aliphatic heterocycles. The molecule has 0 fully saturated rings. The molecule has 0 nitrogen and oxygen atoms in total. The van der Waals surface area contributed by atoms with Crippen LogP contribution < -0.4 is 0 Å². The molecule has 0 rings (SSSR count). The van der Waals surface area contributed by atoms with E-state index in [9.17, 15) is 12.9 Å². The van der Waals surface area contributed by atoms with Crippen LogP contribution >= 0.6 is 0 Å². The Morgan fingerprint density at radius 2 is 1.00 bits per heavy atom. The van der Waals surface area contributed by atoms with E-state index < -0.39 is 7.54 Å². The second-order valence-electron chi connectivity index (χ2n) is 0.247. The third-order valence-electron chi connectivity index (χ3n) is 0. The van der Waals surface area contributed by atoms with Crippen molar-refractivity contribution in [2.45, 2.75) is 0 Å². The van der Waals surface area contributed by atoms with Gasteiger partial charge in [-0.3, -0.25) is 12.9 Å². The molecule has 0 saturated heterocycles. The van der Waals surface area contributed by atoms with E-state index in [0.717, 1.165) is 0 Å². The minimum atomic E-state index is -3.67. The number of hydrogen-bond acceptors (Lipinski definition) is 0. The maximum absolute atomic E-state index is 9.67. The molecule has 0 aromatic rings. The van der Waals surface area contributed by atoms with Crippen LogP contribution in [0.15, 0.2) is 0 Å². The molecule has 0 bridgehead atoms. The van der Waals surface area contributed by atoms with Crippen LogP contribution in [0.2, 0.25) is 0 Å². The fraction of sp³-hybridized carbons (Fsp3) is 0. The molecule has 28 valence electrons. The molecule has 0 aliphatic rings. The Hall–Kier alpha value is 0.654. The van der Waals surface area contributed by atoms with Crippen molar-refractivity contribution in [2.75, 3.05) is 0 Å². The molecule has 0 spiro atoms. The van der Waals surface area contributed by atoms with E-state index in [2.05, 4.69) is 0 Å². The van der Waals surface area contributed by atoms with E-state index in [1.54, 1.807) is 0 Å². The zero-order valence-electron chi connectivity index (χ0n) is 2.21. The predicted molar refractivity (Wildman–Crippen MR) is 14.8 cm³/mol. The molecule has 0 unspecified atom stereocenters. The van der Waals surface area contributed by atoms with Crippen molar-refractivity contribution in [3.05, 3.63) is 0 Å². The molecule has 0 saturated carbocycles. The van der Waals surface area contributed by atoms with Crippen molar-refractivity contribution in [3.8, 4) is 0 Å². The molecule has 0 aliphatic carbocycles. The average molecular weight is 187 g/mol. The third-order valence-corrected chi connectivity index (χ3v) is 0. The summed E-state index contributed by atoms with van der Waals surface area (Å²) in [7, 11) is -3.67. The van der Waals surface area contributed by atoms with Gasteiger partial charge in [-0.2, -0.15) is 0 Å². The molecule has 4 radical (unpaired) electrons. The molecule has 5 heteroatoms. The van der Waals surface area contributed by atoms with Gasteiger partial charge in [0.25, 0.3) is 0 Å². The maximum Gasteiger partial charge on any atom is 0.762 e. The van der Waals surface area contributed by atoms with E-state index in [1.807, 2.05) is 0 Å². The Morgan fingerprint density at radius 3 is 1.00 bits per heavy atom. The van der Waals surface area contributed by atoms with Gasteiger partial charge < -0.3 is 0 Å². The van der Waals surface area contributed by atoms with Crippen molar-refractivity contribution in [1.82, 2.24) is 0 Å². The first-order chi connectivity index (χ1) is 1.73. The third kappa shape index (κ3) is 76.7. The van der Waals surface area contributed by atoms with Crippen molar-refractivity contribution in [3.63, 3.8) is 0 Å². The summed E-state index contributed by atoms with van der Waals surface area (Å²) in [5, 5.41) is 0. The van der Waals surface area contributed by atoms with Crippen LogP contribution in [0.25, 0.3) is 0 Å². The quantitative estimate of drug-likeness (QED) is 0.484. The summed E-state index contributed by atoms with van der Waals surface area (Å²) in [6.45, 7) is 0. The van der Waals surface area contributed by atoms with Gasteiger partial charge in [0.2, 0.25) is 0 Å². The zero-order valence-corrected chi connectivity index (χ0v) is 5.07. The van der Waals surface area contributed by atoms with Crippen LogP contribution in [0.5, 0.6) is 0 Å².